The normalized spacial score (nSPS) is 12.0. The average molecular weight is 250 g/mol. The molecule has 1 aromatic carbocycles. The number of nitrogens with two attached hydrogens (primary N) is 1. The molecule has 4 nitrogen and oxygen atoms in total. The third-order valence-electron chi connectivity index (χ3n) is 3.12. The van der Waals surface area contributed by atoms with Gasteiger partial charge in [-0.2, -0.15) is 0 Å². The van der Waals surface area contributed by atoms with E-state index in [0.717, 1.165) is 18.7 Å². The van der Waals surface area contributed by atoms with Crippen LogP contribution in [0.15, 0.2) is 18.2 Å². The molecule has 0 aromatic heterocycles. The van der Waals surface area contributed by atoms with Gasteiger partial charge >= 0.3 is 5.97 Å². The summed E-state index contributed by atoms with van der Waals surface area (Å²) in [7, 11) is 3.36. The van der Waals surface area contributed by atoms with Crippen molar-refractivity contribution < 1.29 is 9.53 Å². The van der Waals surface area contributed by atoms with Crippen molar-refractivity contribution in [3.05, 3.63) is 23.8 Å². The van der Waals surface area contributed by atoms with E-state index in [9.17, 15) is 4.79 Å². The molecule has 0 heterocycles. The number of nitrogens with zero attached hydrogens (tertiary/aromatic N) is 1. The molecule has 1 atom stereocenters. The van der Waals surface area contributed by atoms with E-state index in [1.54, 1.807) is 12.1 Å². The monoisotopic (exact) mass is 250 g/mol. The van der Waals surface area contributed by atoms with Crippen molar-refractivity contribution in [2.75, 3.05) is 31.3 Å². The second kappa shape index (κ2) is 6.28. The molecule has 0 aliphatic carbocycles. The van der Waals surface area contributed by atoms with Crippen molar-refractivity contribution >= 4 is 17.3 Å². The molecule has 1 rings (SSSR count). The predicted octanol–water partition coefficient (Wildman–Crippen LogP) is 2.54. The van der Waals surface area contributed by atoms with Crippen LogP contribution in [0.25, 0.3) is 0 Å². The lowest BCUT2D eigenvalue weighted by Gasteiger charge is -2.24. The Balaban J connectivity index is 3.03. The number of benzene rings is 1. The molecule has 0 saturated heterocycles. The Morgan fingerprint density at radius 3 is 2.72 bits per heavy atom. The molecule has 18 heavy (non-hydrogen) atoms. The number of rotatable bonds is 5. The van der Waals surface area contributed by atoms with Gasteiger partial charge in [-0.05, 0) is 24.1 Å². The highest BCUT2D eigenvalue weighted by atomic mass is 16.5. The minimum Gasteiger partial charge on any atom is -0.465 e. The van der Waals surface area contributed by atoms with Crippen LogP contribution in [-0.4, -0.2) is 26.7 Å². The van der Waals surface area contributed by atoms with Crippen LogP contribution in [0.4, 0.5) is 11.4 Å². The molecule has 4 heteroatoms. The number of hydrogen-bond acceptors (Lipinski definition) is 4. The highest BCUT2D eigenvalue weighted by Gasteiger charge is 2.16. The van der Waals surface area contributed by atoms with Crippen LogP contribution >= 0.6 is 0 Å². The molecule has 1 aromatic rings. The van der Waals surface area contributed by atoms with Gasteiger partial charge in [-0.3, -0.25) is 0 Å². The second-order valence-electron chi connectivity index (χ2n) is 4.66. The van der Waals surface area contributed by atoms with Gasteiger partial charge in [0.25, 0.3) is 0 Å². The largest absolute Gasteiger partial charge is 0.465 e. The van der Waals surface area contributed by atoms with Gasteiger partial charge in [0.05, 0.1) is 18.4 Å². The standard InChI is InChI=1S/C14H22N2O2/c1-5-10(2)9-16(3)13-7-6-11(15)8-12(13)14(17)18-4/h6-8,10H,5,9,15H2,1-4H3. The number of hydrogen-bond donors (Lipinski definition) is 1. The molecule has 0 fully saturated rings. The molecular weight excluding hydrogens is 228 g/mol. The maximum Gasteiger partial charge on any atom is 0.340 e. The zero-order valence-electron chi connectivity index (χ0n) is 11.6. The summed E-state index contributed by atoms with van der Waals surface area (Å²) in [6.45, 7) is 5.23. The topological polar surface area (TPSA) is 55.6 Å². The zero-order chi connectivity index (χ0) is 13.7. The van der Waals surface area contributed by atoms with Crippen molar-refractivity contribution in [2.24, 2.45) is 5.92 Å². The lowest BCUT2D eigenvalue weighted by atomic mass is 10.1. The van der Waals surface area contributed by atoms with Crippen LogP contribution in [-0.2, 0) is 4.74 Å². The summed E-state index contributed by atoms with van der Waals surface area (Å²) in [5.41, 5.74) is 7.66. The van der Waals surface area contributed by atoms with Crippen LogP contribution in [0.3, 0.4) is 0 Å². The first-order chi connectivity index (χ1) is 8.49. The van der Waals surface area contributed by atoms with Gasteiger partial charge in [-0.1, -0.05) is 20.3 Å². The zero-order valence-corrected chi connectivity index (χ0v) is 11.6. The van der Waals surface area contributed by atoms with Gasteiger partial charge in [0, 0.05) is 19.3 Å². The third-order valence-corrected chi connectivity index (χ3v) is 3.12. The van der Waals surface area contributed by atoms with Crippen molar-refractivity contribution in [1.29, 1.82) is 0 Å². The number of methoxy groups -OCH3 is 1. The first-order valence-corrected chi connectivity index (χ1v) is 6.18. The van der Waals surface area contributed by atoms with E-state index in [-0.39, 0.29) is 5.97 Å². The van der Waals surface area contributed by atoms with Crippen LogP contribution < -0.4 is 10.6 Å². The Bertz CT molecular complexity index is 418. The number of esters is 1. The van der Waals surface area contributed by atoms with Gasteiger partial charge in [0.2, 0.25) is 0 Å². The molecule has 100 valence electrons. The van der Waals surface area contributed by atoms with E-state index < -0.39 is 0 Å². The van der Waals surface area contributed by atoms with Crippen molar-refractivity contribution in [3.8, 4) is 0 Å². The molecule has 0 saturated carbocycles. The Morgan fingerprint density at radius 2 is 2.17 bits per heavy atom. The second-order valence-corrected chi connectivity index (χ2v) is 4.66. The number of nitrogen functional groups attached to an aromatic ring is 1. The Morgan fingerprint density at radius 1 is 1.50 bits per heavy atom. The maximum atomic E-state index is 11.7. The van der Waals surface area contributed by atoms with Gasteiger partial charge in [-0.25, -0.2) is 4.79 Å². The fraction of sp³-hybridized carbons (Fsp3) is 0.500. The lowest BCUT2D eigenvalue weighted by Crippen LogP contribution is -2.25. The van der Waals surface area contributed by atoms with Crippen molar-refractivity contribution in [1.82, 2.24) is 0 Å². The van der Waals surface area contributed by atoms with Gasteiger partial charge < -0.3 is 15.4 Å². The fourth-order valence-corrected chi connectivity index (χ4v) is 1.85. The first kappa shape index (κ1) is 14.4. The quantitative estimate of drug-likeness (QED) is 0.644. The van der Waals surface area contributed by atoms with Crippen molar-refractivity contribution in [3.63, 3.8) is 0 Å². The van der Waals surface area contributed by atoms with Crippen LogP contribution in [0.2, 0.25) is 0 Å². The van der Waals surface area contributed by atoms with E-state index in [4.69, 9.17) is 10.5 Å². The van der Waals surface area contributed by atoms with Gasteiger partial charge in [0.15, 0.2) is 0 Å². The predicted molar refractivity (Wildman–Crippen MR) is 74.9 cm³/mol. The summed E-state index contributed by atoms with van der Waals surface area (Å²) in [6, 6.07) is 5.33. The number of ether oxygens (including phenoxy) is 1. The SMILES string of the molecule is CCC(C)CN(C)c1ccc(N)cc1C(=O)OC. The van der Waals surface area contributed by atoms with Crippen LogP contribution in [0, 0.1) is 5.92 Å². The average Bonchev–Trinajstić information content (AvgIpc) is 2.37. The first-order valence-electron chi connectivity index (χ1n) is 6.18. The van der Waals surface area contributed by atoms with Gasteiger partial charge in [0.1, 0.15) is 0 Å². The van der Waals surface area contributed by atoms with Crippen molar-refractivity contribution in [2.45, 2.75) is 20.3 Å². The summed E-state index contributed by atoms with van der Waals surface area (Å²) < 4.78 is 4.79. The molecule has 0 aliphatic heterocycles. The number of anilines is 2. The van der Waals surface area contributed by atoms with E-state index >= 15 is 0 Å². The molecule has 2 N–H and O–H groups in total. The van der Waals surface area contributed by atoms with E-state index in [0.29, 0.717) is 17.2 Å². The minimum atomic E-state index is -0.353. The van der Waals surface area contributed by atoms with E-state index in [1.807, 2.05) is 13.1 Å². The summed E-state index contributed by atoms with van der Waals surface area (Å²) in [6.07, 6.45) is 1.10. The molecule has 0 amide bonds. The summed E-state index contributed by atoms with van der Waals surface area (Å²) in [5.74, 6) is 0.214. The van der Waals surface area contributed by atoms with Gasteiger partial charge in [-0.15, -0.1) is 0 Å². The van der Waals surface area contributed by atoms with E-state index in [2.05, 4.69) is 18.7 Å². The Kier molecular flexibility index (Phi) is 5.01. The number of carbonyl (C=O) groups is 1. The molecule has 1 unspecified atom stereocenters. The molecular formula is C14H22N2O2. The highest BCUT2D eigenvalue weighted by molar-refractivity contribution is 5.96. The summed E-state index contributed by atoms with van der Waals surface area (Å²) >= 11 is 0. The molecule has 0 aliphatic rings. The summed E-state index contributed by atoms with van der Waals surface area (Å²) in [4.78, 5) is 13.8. The highest BCUT2D eigenvalue weighted by Crippen LogP contribution is 2.24. The number of carbonyl (C=O) groups excluding carboxylic acids is 1. The summed E-state index contributed by atoms with van der Waals surface area (Å²) in [5, 5.41) is 0. The Hall–Kier alpha value is -1.71. The lowest BCUT2D eigenvalue weighted by molar-refractivity contribution is 0.0601. The smallest absolute Gasteiger partial charge is 0.340 e. The minimum absolute atomic E-state index is 0.353. The molecule has 0 radical (unpaired) electrons. The molecule has 0 bridgehead atoms. The van der Waals surface area contributed by atoms with E-state index in [1.165, 1.54) is 7.11 Å². The Labute approximate surface area is 109 Å². The third kappa shape index (κ3) is 3.39. The fourth-order valence-electron chi connectivity index (χ4n) is 1.85. The van der Waals surface area contributed by atoms with Crippen LogP contribution in [0.5, 0.6) is 0 Å². The van der Waals surface area contributed by atoms with Crippen LogP contribution in [0.1, 0.15) is 30.6 Å². The molecule has 0 spiro atoms. The maximum absolute atomic E-state index is 11.7.